The van der Waals surface area contributed by atoms with E-state index in [-0.39, 0.29) is 23.3 Å². The number of aliphatic hydroxyl groups is 1. The van der Waals surface area contributed by atoms with Crippen LogP contribution in [0.1, 0.15) is 54.6 Å². The van der Waals surface area contributed by atoms with Gasteiger partial charge in [0.1, 0.15) is 5.76 Å². The van der Waals surface area contributed by atoms with Crippen LogP contribution < -0.4 is 0 Å². The van der Waals surface area contributed by atoms with Crippen molar-refractivity contribution in [2.45, 2.75) is 45.7 Å². The first-order valence-corrected chi connectivity index (χ1v) is 10.9. The summed E-state index contributed by atoms with van der Waals surface area (Å²) in [6.07, 6.45) is 6.55. The molecule has 6 heteroatoms. The number of benzene rings is 1. The summed E-state index contributed by atoms with van der Waals surface area (Å²) < 4.78 is 0. The fraction of sp³-hybridized carbons (Fsp3) is 0.259. The number of Topliss-reactive ketones (excluding diaryl/α,β-unsaturated/α-hetero) is 1. The normalized spacial score (nSPS) is 18.1. The lowest BCUT2D eigenvalue weighted by Gasteiger charge is -2.25. The number of hydrogen-bond donors (Lipinski definition) is 1. The minimum Gasteiger partial charge on any atom is -0.507 e. The topological polar surface area (TPSA) is 83.4 Å². The van der Waals surface area contributed by atoms with Crippen LogP contribution in [0, 0.1) is 6.92 Å². The summed E-state index contributed by atoms with van der Waals surface area (Å²) in [6.45, 7) is 8.35. The number of amides is 1. The van der Waals surface area contributed by atoms with Crippen molar-refractivity contribution in [3.05, 3.63) is 101 Å². The van der Waals surface area contributed by atoms with Crippen LogP contribution in [0.2, 0.25) is 0 Å². The number of carbonyl (C=O) groups is 2. The number of likely N-dealkylation sites (tertiary alicyclic amines) is 1. The maximum Gasteiger partial charge on any atom is 0.295 e. The van der Waals surface area contributed by atoms with Crippen LogP contribution in [0.15, 0.2) is 72.8 Å². The number of carbonyl (C=O) groups excluding carboxylic acids is 2. The summed E-state index contributed by atoms with van der Waals surface area (Å²) in [6, 6.07) is 12.3. The fourth-order valence-corrected chi connectivity index (χ4v) is 4.11. The molecular weight excluding hydrogens is 414 g/mol. The van der Waals surface area contributed by atoms with E-state index in [0.29, 0.717) is 11.1 Å². The monoisotopic (exact) mass is 441 g/mol. The molecule has 1 N–H and O–H groups in total. The van der Waals surface area contributed by atoms with Crippen LogP contribution in [0.25, 0.3) is 5.76 Å². The highest BCUT2D eigenvalue weighted by molar-refractivity contribution is 6.46. The molecule has 3 aromatic rings. The number of nitrogens with zero attached hydrogens (tertiary/aromatic N) is 3. The van der Waals surface area contributed by atoms with Gasteiger partial charge in [0, 0.05) is 36.9 Å². The van der Waals surface area contributed by atoms with E-state index < -0.39 is 17.7 Å². The van der Waals surface area contributed by atoms with Crippen LogP contribution in [-0.4, -0.2) is 31.7 Å². The molecule has 0 aliphatic carbocycles. The number of ketones is 1. The molecule has 1 amide bonds. The lowest BCUT2D eigenvalue weighted by atomic mass is 9.84. The number of rotatable bonds is 4. The molecule has 0 bridgehead atoms. The average Bonchev–Trinajstić information content (AvgIpc) is 3.04. The molecular formula is C27H27N3O3. The Kier molecular flexibility index (Phi) is 5.85. The van der Waals surface area contributed by atoms with Crippen LogP contribution in [0.4, 0.5) is 0 Å². The largest absolute Gasteiger partial charge is 0.507 e. The second kappa shape index (κ2) is 8.62. The quantitative estimate of drug-likeness (QED) is 0.360. The van der Waals surface area contributed by atoms with Crippen molar-refractivity contribution in [2.24, 2.45) is 0 Å². The Hall–Kier alpha value is -3.80. The molecule has 6 nitrogen and oxygen atoms in total. The summed E-state index contributed by atoms with van der Waals surface area (Å²) in [4.78, 5) is 36.1. The van der Waals surface area contributed by atoms with Gasteiger partial charge in [-0.1, -0.05) is 39.0 Å². The maximum atomic E-state index is 13.3. The highest BCUT2D eigenvalue weighted by Gasteiger charge is 2.46. The molecule has 0 saturated carbocycles. The SMILES string of the molecule is Cc1ccc(C(C)(C)C)cc1/C(O)=C1\C(=O)C(=O)N(Cc2cccnc2)C1c1ccncc1. The Balaban J connectivity index is 1.90. The summed E-state index contributed by atoms with van der Waals surface area (Å²) >= 11 is 0. The lowest BCUT2D eigenvalue weighted by Crippen LogP contribution is -2.29. The Labute approximate surface area is 193 Å². The van der Waals surface area contributed by atoms with Crippen LogP contribution in [0.5, 0.6) is 0 Å². The van der Waals surface area contributed by atoms with Crippen molar-refractivity contribution in [3.63, 3.8) is 0 Å². The van der Waals surface area contributed by atoms with E-state index in [1.165, 1.54) is 4.90 Å². The van der Waals surface area contributed by atoms with Crippen molar-refractivity contribution in [3.8, 4) is 0 Å². The number of hydrogen-bond acceptors (Lipinski definition) is 5. The van der Waals surface area contributed by atoms with Gasteiger partial charge >= 0.3 is 0 Å². The van der Waals surface area contributed by atoms with Gasteiger partial charge < -0.3 is 10.0 Å². The molecule has 1 unspecified atom stereocenters. The van der Waals surface area contributed by atoms with Crippen molar-refractivity contribution in [2.75, 3.05) is 0 Å². The Morgan fingerprint density at radius 1 is 1.03 bits per heavy atom. The molecule has 4 rings (SSSR count). The Bertz CT molecular complexity index is 1230. The first kappa shape index (κ1) is 22.4. The van der Waals surface area contributed by atoms with Gasteiger partial charge in [-0.25, -0.2) is 0 Å². The second-order valence-electron chi connectivity index (χ2n) is 9.35. The third-order valence-electron chi connectivity index (χ3n) is 6.00. The van der Waals surface area contributed by atoms with Crippen molar-refractivity contribution >= 4 is 17.4 Å². The minimum atomic E-state index is -0.731. The van der Waals surface area contributed by atoms with E-state index in [1.807, 2.05) is 31.2 Å². The van der Waals surface area contributed by atoms with Gasteiger partial charge in [-0.3, -0.25) is 19.6 Å². The third kappa shape index (κ3) is 4.29. The van der Waals surface area contributed by atoms with Crippen LogP contribution in [0.3, 0.4) is 0 Å². The zero-order chi connectivity index (χ0) is 23.8. The molecule has 168 valence electrons. The van der Waals surface area contributed by atoms with E-state index in [1.54, 1.807) is 43.0 Å². The Morgan fingerprint density at radius 2 is 1.76 bits per heavy atom. The van der Waals surface area contributed by atoms with Gasteiger partial charge in [0.15, 0.2) is 0 Å². The fourth-order valence-electron chi connectivity index (χ4n) is 4.11. The van der Waals surface area contributed by atoms with E-state index >= 15 is 0 Å². The summed E-state index contributed by atoms with van der Waals surface area (Å²) in [5.74, 6) is -1.50. The van der Waals surface area contributed by atoms with E-state index in [4.69, 9.17) is 0 Å². The molecule has 1 fully saturated rings. The number of aryl methyl sites for hydroxylation is 1. The molecule has 1 aliphatic rings. The zero-order valence-electron chi connectivity index (χ0n) is 19.2. The van der Waals surface area contributed by atoms with Gasteiger partial charge in [0.25, 0.3) is 11.7 Å². The van der Waals surface area contributed by atoms with Gasteiger partial charge in [0.2, 0.25) is 0 Å². The average molecular weight is 442 g/mol. The molecule has 1 atom stereocenters. The molecule has 0 spiro atoms. The smallest absolute Gasteiger partial charge is 0.295 e. The van der Waals surface area contributed by atoms with E-state index in [0.717, 1.165) is 16.7 Å². The van der Waals surface area contributed by atoms with Crippen LogP contribution >= 0.6 is 0 Å². The van der Waals surface area contributed by atoms with Crippen LogP contribution in [-0.2, 0) is 21.5 Å². The molecule has 33 heavy (non-hydrogen) atoms. The standard InChI is InChI=1S/C27H27N3O3/c1-17-7-8-20(27(2,3)4)14-21(17)24(31)22-23(19-9-12-28-13-10-19)30(26(33)25(22)32)16-18-6-5-11-29-15-18/h5-15,23,31H,16H2,1-4H3/b24-22+. The molecule has 1 aromatic carbocycles. The summed E-state index contributed by atoms with van der Waals surface area (Å²) in [5, 5.41) is 11.4. The van der Waals surface area contributed by atoms with Crippen molar-refractivity contribution in [1.29, 1.82) is 0 Å². The number of pyridine rings is 2. The van der Waals surface area contributed by atoms with Crippen molar-refractivity contribution in [1.82, 2.24) is 14.9 Å². The van der Waals surface area contributed by atoms with E-state index in [9.17, 15) is 14.7 Å². The molecule has 2 aromatic heterocycles. The summed E-state index contributed by atoms with van der Waals surface area (Å²) in [7, 11) is 0. The van der Waals surface area contributed by atoms with Gasteiger partial charge in [0.05, 0.1) is 11.6 Å². The Morgan fingerprint density at radius 3 is 2.39 bits per heavy atom. The number of aromatic nitrogens is 2. The van der Waals surface area contributed by atoms with E-state index in [2.05, 4.69) is 30.7 Å². The highest BCUT2D eigenvalue weighted by Crippen LogP contribution is 2.41. The van der Waals surface area contributed by atoms with Gasteiger partial charge in [-0.15, -0.1) is 0 Å². The van der Waals surface area contributed by atoms with Crippen molar-refractivity contribution < 1.29 is 14.7 Å². The molecule has 1 saturated heterocycles. The molecule has 3 heterocycles. The molecule has 0 radical (unpaired) electrons. The maximum absolute atomic E-state index is 13.3. The second-order valence-corrected chi connectivity index (χ2v) is 9.35. The molecule has 1 aliphatic heterocycles. The summed E-state index contributed by atoms with van der Waals surface area (Å²) in [5.41, 5.74) is 3.86. The minimum absolute atomic E-state index is 0.0873. The highest BCUT2D eigenvalue weighted by atomic mass is 16.3. The predicted molar refractivity (Wildman–Crippen MR) is 126 cm³/mol. The van der Waals surface area contributed by atoms with Gasteiger partial charge in [-0.2, -0.15) is 0 Å². The third-order valence-corrected chi connectivity index (χ3v) is 6.00. The zero-order valence-corrected chi connectivity index (χ0v) is 19.2. The predicted octanol–water partition coefficient (Wildman–Crippen LogP) is 4.70. The first-order chi connectivity index (χ1) is 15.7. The first-order valence-electron chi connectivity index (χ1n) is 10.9. The number of aliphatic hydroxyl groups excluding tert-OH is 1. The van der Waals surface area contributed by atoms with Gasteiger partial charge in [-0.05, 0) is 58.9 Å². The lowest BCUT2D eigenvalue weighted by molar-refractivity contribution is -0.140.